The van der Waals surface area contributed by atoms with Gasteiger partial charge in [-0.05, 0) is 45.6 Å². The number of amides is 1. The number of aryl methyl sites for hydroxylation is 2. The van der Waals surface area contributed by atoms with Crippen LogP contribution in [0.15, 0.2) is 29.1 Å². The standard InChI is InChI=1S/C26H32F3N5O3/c1-14(18-9-6-10-19(21(18)27)22(28)29)30-23-20-13-17(25(36)33-24(20)32-15(2)31-23)8-5-7-16(11-12-35)26(37)34(3)4/h6,9-10,13-14,16,22,35H,5,7-8,11-12H2,1-4H3,(H2,30,31,32,33,36)/t14-,16-/m1/s1. The Morgan fingerprint density at radius 1 is 1.19 bits per heavy atom. The van der Waals surface area contributed by atoms with Crippen LogP contribution in [0.25, 0.3) is 11.0 Å². The number of aromatic nitrogens is 3. The Morgan fingerprint density at radius 2 is 1.89 bits per heavy atom. The van der Waals surface area contributed by atoms with Crippen LogP contribution in [0.5, 0.6) is 0 Å². The Hall–Kier alpha value is -3.47. The van der Waals surface area contributed by atoms with E-state index in [4.69, 9.17) is 0 Å². The van der Waals surface area contributed by atoms with Crippen molar-refractivity contribution in [2.75, 3.05) is 26.0 Å². The minimum absolute atomic E-state index is 0.0624. The molecule has 2 heterocycles. The molecule has 0 radical (unpaired) electrons. The van der Waals surface area contributed by atoms with E-state index in [2.05, 4.69) is 20.3 Å². The number of halogens is 3. The summed E-state index contributed by atoms with van der Waals surface area (Å²) in [5.41, 5.74) is -0.181. The van der Waals surface area contributed by atoms with Crippen molar-refractivity contribution in [3.63, 3.8) is 0 Å². The molecule has 37 heavy (non-hydrogen) atoms. The second kappa shape index (κ2) is 12.2. The van der Waals surface area contributed by atoms with Gasteiger partial charge < -0.3 is 20.3 Å². The number of pyridine rings is 1. The molecule has 0 unspecified atom stereocenters. The predicted octanol–water partition coefficient (Wildman–Crippen LogP) is 4.29. The first-order valence-corrected chi connectivity index (χ1v) is 12.1. The van der Waals surface area contributed by atoms with Gasteiger partial charge in [0.15, 0.2) is 0 Å². The van der Waals surface area contributed by atoms with Gasteiger partial charge in [-0.15, -0.1) is 0 Å². The summed E-state index contributed by atoms with van der Waals surface area (Å²) in [6.45, 7) is 3.17. The molecular weight excluding hydrogens is 487 g/mol. The number of carbonyl (C=O) groups excluding carboxylic acids is 1. The van der Waals surface area contributed by atoms with Crippen LogP contribution in [0, 0.1) is 18.7 Å². The number of nitrogens with zero attached hydrogens (tertiary/aromatic N) is 3. The van der Waals surface area contributed by atoms with Crippen LogP contribution < -0.4 is 10.9 Å². The number of aliphatic hydroxyl groups excluding tert-OH is 1. The van der Waals surface area contributed by atoms with Crippen molar-refractivity contribution >= 4 is 22.8 Å². The van der Waals surface area contributed by atoms with Crippen molar-refractivity contribution in [1.82, 2.24) is 19.9 Å². The van der Waals surface area contributed by atoms with Crippen molar-refractivity contribution in [2.45, 2.75) is 52.0 Å². The molecule has 3 rings (SSSR count). The number of anilines is 1. The fraction of sp³-hybridized carbons (Fsp3) is 0.462. The minimum Gasteiger partial charge on any atom is -0.396 e. The Kier molecular flexibility index (Phi) is 9.25. The highest BCUT2D eigenvalue weighted by Gasteiger charge is 2.22. The number of carbonyl (C=O) groups is 1. The first kappa shape index (κ1) is 28.1. The van der Waals surface area contributed by atoms with E-state index in [1.54, 1.807) is 34.0 Å². The zero-order valence-corrected chi connectivity index (χ0v) is 21.3. The smallest absolute Gasteiger partial charge is 0.266 e. The molecule has 1 aromatic carbocycles. The summed E-state index contributed by atoms with van der Waals surface area (Å²) < 4.78 is 41.1. The number of alkyl halides is 2. The van der Waals surface area contributed by atoms with Crippen molar-refractivity contribution in [2.24, 2.45) is 5.92 Å². The molecule has 0 fully saturated rings. The number of rotatable bonds is 11. The van der Waals surface area contributed by atoms with Gasteiger partial charge in [0.25, 0.3) is 12.0 Å². The number of aromatic amines is 1. The van der Waals surface area contributed by atoms with E-state index in [1.807, 2.05) is 0 Å². The zero-order chi connectivity index (χ0) is 27.3. The molecule has 200 valence electrons. The van der Waals surface area contributed by atoms with Gasteiger partial charge in [0.05, 0.1) is 17.0 Å². The van der Waals surface area contributed by atoms with Gasteiger partial charge in [0, 0.05) is 37.7 Å². The highest BCUT2D eigenvalue weighted by Crippen LogP contribution is 2.30. The zero-order valence-electron chi connectivity index (χ0n) is 21.3. The SMILES string of the molecule is Cc1nc(N[C@H](C)c2cccc(C(F)F)c2F)c2cc(CCC[C@H](CCO)C(=O)N(C)C)c(=O)[nH]c2n1. The summed E-state index contributed by atoms with van der Waals surface area (Å²) in [6, 6.07) is 4.81. The molecule has 0 saturated carbocycles. The van der Waals surface area contributed by atoms with E-state index in [-0.39, 0.29) is 29.6 Å². The van der Waals surface area contributed by atoms with Gasteiger partial charge in [-0.3, -0.25) is 9.59 Å². The molecule has 3 aromatic rings. The lowest BCUT2D eigenvalue weighted by molar-refractivity contribution is -0.133. The third-order valence-corrected chi connectivity index (χ3v) is 6.28. The highest BCUT2D eigenvalue weighted by atomic mass is 19.3. The average Bonchev–Trinajstić information content (AvgIpc) is 2.83. The number of hydrogen-bond donors (Lipinski definition) is 3. The number of H-pyrrole nitrogens is 1. The van der Waals surface area contributed by atoms with Crippen LogP contribution in [0.3, 0.4) is 0 Å². The Balaban J connectivity index is 1.88. The lowest BCUT2D eigenvalue weighted by Crippen LogP contribution is -2.30. The normalized spacial score (nSPS) is 13.1. The molecule has 0 aliphatic heterocycles. The molecule has 0 spiro atoms. The minimum atomic E-state index is -2.94. The van der Waals surface area contributed by atoms with Crippen LogP contribution in [0.2, 0.25) is 0 Å². The fourth-order valence-corrected chi connectivity index (χ4v) is 4.34. The van der Waals surface area contributed by atoms with Gasteiger partial charge >= 0.3 is 0 Å². The van der Waals surface area contributed by atoms with Gasteiger partial charge in [0.1, 0.15) is 23.1 Å². The molecule has 8 nitrogen and oxygen atoms in total. The molecule has 0 aliphatic carbocycles. The monoisotopic (exact) mass is 519 g/mol. The van der Waals surface area contributed by atoms with Crippen LogP contribution in [-0.2, 0) is 11.2 Å². The Bertz CT molecular complexity index is 1310. The second-order valence-electron chi connectivity index (χ2n) is 9.26. The largest absolute Gasteiger partial charge is 0.396 e. The summed E-state index contributed by atoms with van der Waals surface area (Å²) in [5, 5.41) is 12.9. The van der Waals surface area contributed by atoms with Crippen LogP contribution in [-0.4, -0.2) is 51.6 Å². The quantitative estimate of drug-likeness (QED) is 0.349. The summed E-state index contributed by atoms with van der Waals surface area (Å²) in [7, 11) is 3.32. The summed E-state index contributed by atoms with van der Waals surface area (Å²) in [4.78, 5) is 38.0. The summed E-state index contributed by atoms with van der Waals surface area (Å²) >= 11 is 0. The van der Waals surface area contributed by atoms with E-state index in [9.17, 15) is 27.9 Å². The van der Waals surface area contributed by atoms with Gasteiger partial charge in [0.2, 0.25) is 5.91 Å². The fourth-order valence-electron chi connectivity index (χ4n) is 4.34. The van der Waals surface area contributed by atoms with E-state index in [0.29, 0.717) is 53.9 Å². The summed E-state index contributed by atoms with van der Waals surface area (Å²) in [5.74, 6) is -0.709. The van der Waals surface area contributed by atoms with Crippen molar-refractivity contribution in [1.29, 1.82) is 0 Å². The Morgan fingerprint density at radius 3 is 2.54 bits per heavy atom. The first-order valence-electron chi connectivity index (χ1n) is 12.1. The van der Waals surface area contributed by atoms with Crippen molar-refractivity contribution in [3.05, 3.63) is 63.0 Å². The number of hydrogen-bond acceptors (Lipinski definition) is 6. The van der Waals surface area contributed by atoms with E-state index >= 15 is 0 Å². The molecule has 3 N–H and O–H groups in total. The number of nitrogens with one attached hydrogen (secondary N) is 2. The Labute approximate surface area is 212 Å². The van der Waals surface area contributed by atoms with E-state index in [1.165, 1.54) is 17.0 Å². The maximum absolute atomic E-state index is 14.7. The van der Waals surface area contributed by atoms with Crippen LogP contribution in [0.4, 0.5) is 19.0 Å². The number of benzene rings is 1. The van der Waals surface area contributed by atoms with E-state index in [0.717, 1.165) is 6.07 Å². The molecule has 11 heteroatoms. The highest BCUT2D eigenvalue weighted by molar-refractivity contribution is 5.87. The van der Waals surface area contributed by atoms with E-state index < -0.39 is 23.8 Å². The molecule has 0 bridgehead atoms. The van der Waals surface area contributed by atoms with Gasteiger partial charge in [-0.1, -0.05) is 18.2 Å². The van der Waals surface area contributed by atoms with Gasteiger partial charge in [-0.25, -0.2) is 23.1 Å². The van der Waals surface area contributed by atoms with Crippen molar-refractivity contribution < 1.29 is 23.1 Å². The predicted molar refractivity (Wildman–Crippen MR) is 135 cm³/mol. The maximum atomic E-state index is 14.7. The molecule has 1 amide bonds. The second-order valence-corrected chi connectivity index (χ2v) is 9.26. The molecule has 0 aliphatic rings. The van der Waals surface area contributed by atoms with Crippen LogP contribution in [0.1, 0.15) is 61.2 Å². The molecule has 2 atom stereocenters. The molecular formula is C26H32F3N5O3. The summed E-state index contributed by atoms with van der Waals surface area (Å²) in [6.07, 6.45) is -1.18. The molecule has 0 saturated heterocycles. The maximum Gasteiger partial charge on any atom is 0.266 e. The number of fused-ring (bicyclic) bond motifs is 1. The lowest BCUT2D eigenvalue weighted by atomic mass is 9.95. The molecule has 2 aromatic heterocycles. The van der Waals surface area contributed by atoms with Gasteiger partial charge in [-0.2, -0.15) is 0 Å². The number of aliphatic hydroxyl groups is 1. The topological polar surface area (TPSA) is 111 Å². The third kappa shape index (κ3) is 6.65. The first-order chi connectivity index (χ1) is 17.5. The average molecular weight is 520 g/mol. The lowest BCUT2D eigenvalue weighted by Gasteiger charge is -2.20. The van der Waals surface area contributed by atoms with Crippen LogP contribution >= 0.6 is 0 Å². The van der Waals surface area contributed by atoms with Crippen molar-refractivity contribution in [3.8, 4) is 0 Å². The third-order valence-electron chi connectivity index (χ3n) is 6.28.